The normalized spacial score (nSPS) is 12.1. The minimum Gasteiger partial charge on any atom is -0.346 e. The van der Waals surface area contributed by atoms with Gasteiger partial charge in [-0.15, -0.1) is 0 Å². The van der Waals surface area contributed by atoms with Crippen LogP contribution in [0.2, 0.25) is 0 Å². The van der Waals surface area contributed by atoms with Gasteiger partial charge in [0.05, 0.1) is 11.0 Å². The van der Waals surface area contributed by atoms with Crippen molar-refractivity contribution in [2.75, 3.05) is 0 Å². The molecule has 0 radical (unpaired) electrons. The largest absolute Gasteiger partial charge is 0.346 e. The van der Waals surface area contributed by atoms with E-state index in [0.29, 0.717) is 5.56 Å². The van der Waals surface area contributed by atoms with Crippen LogP contribution in [0.5, 0.6) is 0 Å². The molecule has 0 aromatic heterocycles. The Morgan fingerprint density at radius 3 is 2.61 bits per heavy atom. The van der Waals surface area contributed by atoms with Crippen molar-refractivity contribution in [2.45, 2.75) is 13.0 Å². The lowest BCUT2D eigenvalue weighted by atomic mass is 10.1. The van der Waals surface area contributed by atoms with Gasteiger partial charge >= 0.3 is 0 Å². The van der Waals surface area contributed by atoms with E-state index in [2.05, 4.69) is 5.32 Å². The molecule has 0 spiro atoms. The molecule has 0 saturated carbocycles. The summed E-state index contributed by atoms with van der Waals surface area (Å²) in [4.78, 5) is 22.1. The first-order valence-electron chi connectivity index (χ1n) is 6.94. The quantitative estimate of drug-likeness (QED) is 0.520. The van der Waals surface area contributed by atoms with Gasteiger partial charge in [0.15, 0.2) is 0 Å². The standard InChI is InChI=1S/C17H15FN2O3/c1-12(14-6-8-15(18)9-7-14)19-17(21)10-5-13-3-2-4-16(11-13)20(22)23/h2-12H,1H3,(H,19,21). The lowest BCUT2D eigenvalue weighted by molar-refractivity contribution is -0.384. The zero-order valence-electron chi connectivity index (χ0n) is 12.4. The summed E-state index contributed by atoms with van der Waals surface area (Å²) < 4.78 is 12.9. The van der Waals surface area contributed by atoms with E-state index in [1.165, 1.54) is 36.4 Å². The molecule has 0 bridgehead atoms. The Bertz CT molecular complexity index is 742. The van der Waals surface area contributed by atoms with E-state index in [0.717, 1.165) is 5.56 Å². The third-order valence-corrected chi connectivity index (χ3v) is 3.24. The van der Waals surface area contributed by atoms with E-state index in [1.54, 1.807) is 31.2 Å². The fourth-order valence-corrected chi connectivity index (χ4v) is 2.01. The van der Waals surface area contributed by atoms with Crippen molar-refractivity contribution in [1.29, 1.82) is 0 Å². The summed E-state index contributed by atoms with van der Waals surface area (Å²) >= 11 is 0. The van der Waals surface area contributed by atoms with Crippen LogP contribution >= 0.6 is 0 Å². The zero-order chi connectivity index (χ0) is 16.8. The molecular formula is C17H15FN2O3. The number of benzene rings is 2. The van der Waals surface area contributed by atoms with Gasteiger partial charge in [0.25, 0.3) is 5.69 Å². The molecule has 0 fully saturated rings. The number of amides is 1. The fraction of sp³-hybridized carbons (Fsp3) is 0.118. The van der Waals surface area contributed by atoms with Crippen LogP contribution in [0.3, 0.4) is 0 Å². The first-order chi connectivity index (χ1) is 11.0. The number of nitrogens with zero attached hydrogens (tertiary/aromatic N) is 1. The zero-order valence-corrected chi connectivity index (χ0v) is 12.4. The minimum atomic E-state index is -0.492. The summed E-state index contributed by atoms with van der Waals surface area (Å²) in [5.41, 5.74) is 1.31. The topological polar surface area (TPSA) is 72.2 Å². The highest BCUT2D eigenvalue weighted by Crippen LogP contribution is 2.15. The monoisotopic (exact) mass is 314 g/mol. The SMILES string of the molecule is CC(NC(=O)C=Cc1cccc([N+](=O)[O-])c1)c1ccc(F)cc1. The Morgan fingerprint density at radius 2 is 1.96 bits per heavy atom. The van der Waals surface area contributed by atoms with Gasteiger partial charge in [-0.3, -0.25) is 14.9 Å². The molecule has 5 nitrogen and oxygen atoms in total. The molecule has 1 amide bonds. The molecular weight excluding hydrogens is 299 g/mol. The number of carbonyl (C=O) groups excluding carboxylic acids is 1. The summed E-state index contributed by atoms with van der Waals surface area (Å²) in [5, 5.41) is 13.4. The first kappa shape index (κ1) is 16.4. The maximum atomic E-state index is 12.9. The lowest BCUT2D eigenvalue weighted by Gasteiger charge is -2.12. The number of carbonyl (C=O) groups is 1. The Labute approximate surface area is 132 Å². The van der Waals surface area contributed by atoms with Crippen molar-refractivity contribution in [3.05, 3.63) is 81.7 Å². The summed E-state index contributed by atoms with van der Waals surface area (Å²) in [6.45, 7) is 1.78. The molecule has 2 rings (SSSR count). The number of nitro groups is 1. The number of rotatable bonds is 5. The highest BCUT2D eigenvalue weighted by molar-refractivity contribution is 5.92. The van der Waals surface area contributed by atoms with Crippen molar-refractivity contribution in [2.24, 2.45) is 0 Å². The lowest BCUT2D eigenvalue weighted by Crippen LogP contribution is -2.24. The third-order valence-electron chi connectivity index (χ3n) is 3.24. The van der Waals surface area contributed by atoms with Crippen LogP contribution in [-0.2, 0) is 4.79 Å². The molecule has 0 aliphatic heterocycles. The molecule has 118 valence electrons. The molecule has 1 N–H and O–H groups in total. The average molecular weight is 314 g/mol. The molecule has 6 heteroatoms. The van der Waals surface area contributed by atoms with Gasteiger partial charge in [-0.1, -0.05) is 24.3 Å². The number of non-ortho nitro benzene ring substituents is 1. The van der Waals surface area contributed by atoms with Gasteiger partial charge in [-0.05, 0) is 36.3 Å². The Hall–Kier alpha value is -3.02. The van der Waals surface area contributed by atoms with Gasteiger partial charge in [0.2, 0.25) is 5.91 Å². The summed E-state index contributed by atoms with van der Waals surface area (Å²) in [6.07, 6.45) is 2.80. The molecule has 0 saturated heterocycles. The van der Waals surface area contributed by atoms with Gasteiger partial charge in [-0.25, -0.2) is 4.39 Å². The number of nitrogens with one attached hydrogen (secondary N) is 1. The van der Waals surface area contributed by atoms with Crippen molar-refractivity contribution in [1.82, 2.24) is 5.32 Å². The number of halogens is 1. The number of nitro benzene ring substituents is 1. The van der Waals surface area contributed by atoms with Gasteiger partial charge < -0.3 is 5.32 Å². The van der Waals surface area contributed by atoms with Crippen LogP contribution in [-0.4, -0.2) is 10.8 Å². The van der Waals surface area contributed by atoms with Crippen LogP contribution in [0.1, 0.15) is 24.1 Å². The number of hydrogen-bond donors (Lipinski definition) is 1. The van der Waals surface area contributed by atoms with E-state index in [4.69, 9.17) is 0 Å². The summed E-state index contributed by atoms with van der Waals surface area (Å²) in [7, 11) is 0. The molecule has 2 aromatic rings. The van der Waals surface area contributed by atoms with Crippen molar-refractivity contribution in [3.63, 3.8) is 0 Å². The Morgan fingerprint density at radius 1 is 1.26 bits per heavy atom. The predicted molar refractivity (Wildman–Crippen MR) is 85.1 cm³/mol. The van der Waals surface area contributed by atoms with Crippen molar-refractivity contribution < 1.29 is 14.1 Å². The molecule has 0 heterocycles. The van der Waals surface area contributed by atoms with Gasteiger partial charge in [0, 0.05) is 18.2 Å². The van der Waals surface area contributed by atoms with Crippen LogP contribution in [0.15, 0.2) is 54.6 Å². The smallest absolute Gasteiger partial charge is 0.270 e. The van der Waals surface area contributed by atoms with E-state index in [-0.39, 0.29) is 23.5 Å². The van der Waals surface area contributed by atoms with E-state index < -0.39 is 4.92 Å². The van der Waals surface area contributed by atoms with Gasteiger partial charge in [-0.2, -0.15) is 0 Å². The van der Waals surface area contributed by atoms with Gasteiger partial charge in [0.1, 0.15) is 5.82 Å². The first-order valence-corrected chi connectivity index (χ1v) is 6.94. The minimum absolute atomic E-state index is 0.0350. The second-order valence-corrected chi connectivity index (χ2v) is 4.97. The maximum absolute atomic E-state index is 12.9. The second kappa shape index (κ2) is 7.31. The number of hydrogen-bond acceptors (Lipinski definition) is 3. The highest BCUT2D eigenvalue weighted by Gasteiger charge is 2.08. The van der Waals surface area contributed by atoms with E-state index >= 15 is 0 Å². The second-order valence-electron chi connectivity index (χ2n) is 4.97. The van der Waals surface area contributed by atoms with Crippen LogP contribution in [0, 0.1) is 15.9 Å². The van der Waals surface area contributed by atoms with Crippen LogP contribution in [0.25, 0.3) is 6.08 Å². The fourth-order valence-electron chi connectivity index (χ4n) is 2.01. The molecule has 1 atom stereocenters. The van der Waals surface area contributed by atoms with E-state index in [1.807, 2.05) is 0 Å². The summed E-state index contributed by atoms with van der Waals surface area (Å²) in [6, 6.07) is 11.6. The summed E-state index contributed by atoms with van der Waals surface area (Å²) in [5.74, 6) is -0.675. The Balaban J connectivity index is 2.00. The molecule has 1 unspecified atom stereocenters. The van der Waals surface area contributed by atoms with Crippen molar-refractivity contribution in [3.8, 4) is 0 Å². The molecule has 2 aromatic carbocycles. The molecule has 0 aliphatic rings. The molecule has 23 heavy (non-hydrogen) atoms. The predicted octanol–water partition coefficient (Wildman–Crippen LogP) is 3.62. The van der Waals surface area contributed by atoms with Crippen molar-refractivity contribution >= 4 is 17.7 Å². The highest BCUT2D eigenvalue weighted by atomic mass is 19.1. The molecule has 0 aliphatic carbocycles. The van der Waals surface area contributed by atoms with E-state index in [9.17, 15) is 19.3 Å². The maximum Gasteiger partial charge on any atom is 0.270 e. The van der Waals surface area contributed by atoms with Crippen LogP contribution in [0.4, 0.5) is 10.1 Å². The van der Waals surface area contributed by atoms with Crippen LogP contribution < -0.4 is 5.32 Å². The Kier molecular flexibility index (Phi) is 5.19. The average Bonchev–Trinajstić information content (AvgIpc) is 2.53. The third kappa shape index (κ3) is 4.74.